The van der Waals surface area contributed by atoms with Crippen LogP contribution in [-0.2, 0) is 0 Å². The van der Waals surface area contributed by atoms with E-state index < -0.39 is 16.9 Å². The number of pyridine rings is 3. The number of hydrogen-bond acceptors (Lipinski definition) is 9. The van der Waals surface area contributed by atoms with Gasteiger partial charge in [-0.3, -0.25) is 15.0 Å². The van der Waals surface area contributed by atoms with Gasteiger partial charge in [0.2, 0.25) is 0 Å². The Morgan fingerprint density at radius 2 is 0.632 bits per heavy atom. The fourth-order valence-electron chi connectivity index (χ4n) is 7.15. The number of benzene rings is 4. The molecule has 0 bridgehead atoms. The second-order valence-corrected chi connectivity index (χ2v) is 13.6. The Hall–Kier alpha value is -8.04. The van der Waals surface area contributed by atoms with Crippen LogP contribution in [0.3, 0.4) is 0 Å². The molecule has 0 atom stereocenters. The smallest absolute Gasteiger partial charge is 0.345 e. The summed E-state index contributed by atoms with van der Waals surface area (Å²) < 4.78 is 17.0. The van der Waals surface area contributed by atoms with Crippen LogP contribution >= 0.6 is 0 Å². The van der Waals surface area contributed by atoms with E-state index in [9.17, 15) is 14.4 Å². The molecule has 0 saturated heterocycles. The van der Waals surface area contributed by atoms with Gasteiger partial charge in [0.15, 0.2) is 0 Å². The van der Waals surface area contributed by atoms with Gasteiger partial charge in [0.1, 0.15) is 16.7 Å². The zero-order valence-electron chi connectivity index (χ0n) is 29.9. The lowest BCUT2D eigenvalue weighted by Crippen LogP contribution is -2.00. The molecule has 57 heavy (non-hydrogen) atoms. The maximum Gasteiger partial charge on any atom is 0.345 e. The molecule has 9 nitrogen and oxygen atoms in total. The first-order valence-electron chi connectivity index (χ1n) is 18.1. The van der Waals surface area contributed by atoms with Crippen molar-refractivity contribution in [3.05, 3.63) is 192 Å². The van der Waals surface area contributed by atoms with E-state index >= 15 is 0 Å². The standard InChI is InChI=1S/C48H27N3O6/c52-46-37-4-1-19-49-43(37)34-16-13-28(25-40(34)55-46)7-10-31-22-32(11-8-29-14-17-35-41(26-29)56-47(53)38-5-2-20-50-44(35)38)24-33(23-31)12-9-30-15-18-36-42(27-30)57-48(54)39-6-3-21-51-45(36)39/h1-27H/b10-7-,11-8-,12-9?. The monoisotopic (exact) mass is 741 g/mol. The third-order valence-electron chi connectivity index (χ3n) is 9.88. The van der Waals surface area contributed by atoms with Crippen molar-refractivity contribution in [1.82, 2.24) is 15.0 Å². The zero-order chi connectivity index (χ0) is 38.5. The minimum Gasteiger partial charge on any atom is -0.422 e. The van der Waals surface area contributed by atoms with E-state index in [1.165, 1.54) is 0 Å². The highest BCUT2D eigenvalue weighted by atomic mass is 16.4. The molecule has 270 valence electrons. The van der Waals surface area contributed by atoms with Gasteiger partial charge in [-0.25, -0.2) is 14.4 Å². The van der Waals surface area contributed by atoms with Crippen molar-refractivity contribution in [3.8, 4) is 0 Å². The summed E-state index contributed by atoms with van der Waals surface area (Å²) in [5, 5.41) is 3.61. The molecule has 0 aliphatic carbocycles. The Balaban J connectivity index is 1.02. The number of fused-ring (bicyclic) bond motifs is 9. The summed E-state index contributed by atoms with van der Waals surface area (Å²) in [4.78, 5) is 51.3. The van der Waals surface area contributed by atoms with Crippen LogP contribution in [0.4, 0.5) is 0 Å². The van der Waals surface area contributed by atoms with Gasteiger partial charge in [0, 0.05) is 34.7 Å². The summed E-state index contributed by atoms with van der Waals surface area (Å²) in [6.07, 6.45) is 16.9. The molecule has 9 heteroatoms. The van der Waals surface area contributed by atoms with E-state index in [0.29, 0.717) is 49.5 Å². The van der Waals surface area contributed by atoms with Crippen molar-refractivity contribution in [3.63, 3.8) is 0 Å². The normalized spacial score (nSPS) is 12.2. The maximum absolute atomic E-state index is 12.7. The third kappa shape index (κ3) is 6.29. The molecule has 0 unspecified atom stereocenters. The van der Waals surface area contributed by atoms with Crippen LogP contribution in [0.15, 0.2) is 155 Å². The van der Waals surface area contributed by atoms with Crippen molar-refractivity contribution in [2.45, 2.75) is 0 Å². The third-order valence-corrected chi connectivity index (χ3v) is 9.88. The van der Waals surface area contributed by atoms with Gasteiger partial charge in [-0.15, -0.1) is 0 Å². The van der Waals surface area contributed by atoms with Crippen molar-refractivity contribution < 1.29 is 13.3 Å². The van der Waals surface area contributed by atoms with Crippen molar-refractivity contribution >= 4 is 102 Å². The number of rotatable bonds is 6. The fourth-order valence-corrected chi connectivity index (χ4v) is 7.15. The topological polar surface area (TPSA) is 129 Å². The molecule has 6 aromatic heterocycles. The molecule has 0 N–H and O–H groups in total. The van der Waals surface area contributed by atoms with Gasteiger partial charge in [-0.2, -0.15) is 0 Å². The summed E-state index contributed by atoms with van der Waals surface area (Å²) >= 11 is 0. The lowest BCUT2D eigenvalue weighted by atomic mass is 10.0. The van der Waals surface area contributed by atoms with Crippen LogP contribution in [0.1, 0.15) is 33.4 Å². The minimum atomic E-state index is -0.431. The molecule has 0 aliphatic heterocycles. The molecule has 0 radical (unpaired) electrons. The number of hydrogen-bond donors (Lipinski definition) is 0. The van der Waals surface area contributed by atoms with Crippen LogP contribution < -0.4 is 16.9 Å². The predicted octanol–water partition coefficient (Wildman–Crippen LogP) is 10.2. The quantitative estimate of drug-likeness (QED) is 0.0929. The molecular weight excluding hydrogens is 715 g/mol. The highest BCUT2D eigenvalue weighted by molar-refractivity contribution is 6.04. The van der Waals surface area contributed by atoms with E-state index in [1.807, 2.05) is 91.1 Å². The highest BCUT2D eigenvalue weighted by Crippen LogP contribution is 2.27. The average molecular weight is 742 g/mol. The van der Waals surface area contributed by atoms with Crippen LogP contribution in [0.5, 0.6) is 0 Å². The molecule has 0 aliphatic rings. The lowest BCUT2D eigenvalue weighted by molar-refractivity contribution is 0.569. The van der Waals surface area contributed by atoms with Crippen molar-refractivity contribution in [2.75, 3.05) is 0 Å². The Labute approximate surface area is 321 Å². The van der Waals surface area contributed by atoms with E-state index in [0.717, 1.165) is 49.5 Å². The van der Waals surface area contributed by atoms with Gasteiger partial charge < -0.3 is 13.3 Å². The van der Waals surface area contributed by atoms with Gasteiger partial charge in [-0.05, 0) is 124 Å². The van der Waals surface area contributed by atoms with Crippen LogP contribution in [0.25, 0.3) is 102 Å². The molecule has 6 heterocycles. The van der Waals surface area contributed by atoms with Crippen molar-refractivity contribution in [1.29, 1.82) is 0 Å². The van der Waals surface area contributed by atoms with Crippen molar-refractivity contribution in [2.24, 2.45) is 0 Å². The van der Waals surface area contributed by atoms with Gasteiger partial charge in [-0.1, -0.05) is 54.7 Å². The summed E-state index contributed by atoms with van der Waals surface area (Å²) in [5.74, 6) is 0. The highest BCUT2D eigenvalue weighted by Gasteiger charge is 2.11. The summed E-state index contributed by atoms with van der Waals surface area (Å²) in [5.41, 5.74) is 7.19. The Bertz CT molecular complexity index is 3170. The molecule has 10 aromatic rings. The Kier molecular flexibility index (Phi) is 8.04. The summed E-state index contributed by atoms with van der Waals surface area (Å²) in [6.45, 7) is 0. The van der Waals surface area contributed by atoms with Crippen LogP contribution in [0, 0.1) is 0 Å². The fraction of sp³-hybridized carbons (Fsp3) is 0. The molecule has 10 rings (SSSR count). The Morgan fingerprint density at radius 1 is 0.333 bits per heavy atom. The Morgan fingerprint density at radius 3 is 0.947 bits per heavy atom. The maximum atomic E-state index is 12.7. The second-order valence-electron chi connectivity index (χ2n) is 13.6. The molecule has 0 spiro atoms. The second kappa shape index (κ2) is 13.7. The predicted molar refractivity (Wildman–Crippen MR) is 227 cm³/mol. The first kappa shape index (κ1) is 33.5. The van der Waals surface area contributed by atoms with E-state index in [1.54, 1.807) is 55.0 Å². The minimum absolute atomic E-state index is 0.431. The summed E-state index contributed by atoms with van der Waals surface area (Å²) in [7, 11) is 0. The van der Waals surface area contributed by atoms with Crippen LogP contribution in [-0.4, -0.2) is 15.0 Å². The SMILES string of the molecule is O=c1oc2cc(C=Cc3cc(/C=C\c4ccc5c(c4)oc(=O)c4cccnc45)cc(/C=C\c4ccc5c(c4)oc(=O)c4cccnc45)c3)ccc2c2ncccc12. The van der Waals surface area contributed by atoms with E-state index in [4.69, 9.17) is 13.3 Å². The van der Waals surface area contributed by atoms with E-state index in [2.05, 4.69) is 33.2 Å². The molecule has 4 aromatic carbocycles. The van der Waals surface area contributed by atoms with Gasteiger partial charge >= 0.3 is 16.9 Å². The molecule has 0 fully saturated rings. The first-order valence-corrected chi connectivity index (χ1v) is 18.1. The average Bonchev–Trinajstić information content (AvgIpc) is 3.24. The lowest BCUT2D eigenvalue weighted by Gasteiger charge is -2.05. The van der Waals surface area contributed by atoms with Gasteiger partial charge in [0.05, 0.1) is 32.7 Å². The van der Waals surface area contributed by atoms with Crippen LogP contribution in [0.2, 0.25) is 0 Å². The first-order chi connectivity index (χ1) is 27.9. The summed E-state index contributed by atoms with van der Waals surface area (Å²) in [6, 6.07) is 33.6. The van der Waals surface area contributed by atoms with Gasteiger partial charge in [0.25, 0.3) is 0 Å². The molecule has 0 amide bonds. The largest absolute Gasteiger partial charge is 0.422 e. The zero-order valence-corrected chi connectivity index (χ0v) is 29.9. The number of nitrogens with zero attached hydrogens (tertiary/aromatic N) is 3. The molecule has 0 saturated carbocycles. The van der Waals surface area contributed by atoms with E-state index in [-0.39, 0.29) is 0 Å². The molecular formula is C48H27N3O6. The number of aromatic nitrogens is 3.